The van der Waals surface area contributed by atoms with Crippen molar-refractivity contribution in [2.45, 2.75) is 63.8 Å². The molecule has 0 amide bonds. The molecule has 0 bridgehead atoms. The van der Waals surface area contributed by atoms with Crippen molar-refractivity contribution >= 4 is 0 Å². The van der Waals surface area contributed by atoms with Gasteiger partial charge in [-0.15, -0.1) is 0 Å². The standard InChI is InChI=1S/C12H23N/c1-2-12(8-3-4-9-13-12)10-11-6-5-7-11/h11,13H,2-10H2,1H3. The van der Waals surface area contributed by atoms with Crippen LogP contribution in [0.25, 0.3) is 0 Å². The summed E-state index contributed by atoms with van der Waals surface area (Å²) in [5.41, 5.74) is 0.545. The summed E-state index contributed by atoms with van der Waals surface area (Å²) in [6.07, 6.45) is 11.6. The maximum atomic E-state index is 3.78. The van der Waals surface area contributed by atoms with Crippen LogP contribution in [0.2, 0.25) is 0 Å². The van der Waals surface area contributed by atoms with Crippen molar-refractivity contribution < 1.29 is 0 Å². The van der Waals surface area contributed by atoms with Crippen LogP contribution in [-0.2, 0) is 0 Å². The molecule has 1 heteroatoms. The van der Waals surface area contributed by atoms with Crippen LogP contribution in [0.5, 0.6) is 0 Å². The third-order valence-electron chi connectivity index (χ3n) is 4.16. The smallest absolute Gasteiger partial charge is 0.0181 e. The lowest BCUT2D eigenvalue weighted by Gasteiger charge is -2.42. The fourth-order valence-electron chi connectivity index (χ4n) is 2.90. The Morgan fingerprint density at radius 3 is 2.54 bits per heavy atom. The van der Waals surface area contributed by atoms with Crippen LogP contribution in [0.1, 0.15) is 58.3 Å². The van der Waals surface area contributed by atoms with E-state index in [2.05, 4.69) is 12.2 Å². The zero-order chi connectivity index (χ0) is 9.15. The largest absolute Gasteiger partial charge is 0.311 e. The molecule has 2 fully saturated rings. The quantitative estimate of drug-likeness (QED) is 0.705. The van der Waals surface area contributed by atoms with E-state index >= 15 is 0 Å². The van der Waals surface area contributed by atoms with Crippen LogP contribution in [0, 0.1) is 5.92 Å². The summed E-state index contributed by atoms with van der Waals surface area (Å²) in [6.45, 7) is 3.62. The Labute approximate surface area is 82.3 Å². The normalized spacial score (nSPS) is 35.8. The Morgan fingerprint density at radius 1 is 1.23 bits per heavy atom. The van der Waals surface area contributed by atoms with Gasteiger partial charge in [-0.3, -0.25) is 0 Å². The molecule has 1 saturated heterocycles. The van der Waals surface area contributed by atoms with Gasteiger partial charge in [-0.1, -0.05) is 32.6 Å². The summed E-state index contributed by atoms with van der Waals surface area (Å²) >= 11 is 0. The predicted octanol–water partition coefficient (Wildman–Crippen LogP) is 3.10. The zero-order valence-corrected chi connectivity index (χ0v) is 8.94. The maximum absolute atomic E-state index is 3.78. The molecule has 1 saturated carbocycles. The molecule has 0 aromatic heterocycles. The van der Waals surface area contributed by atoms with Crippen molar-refractivity contribution in [2.24, 2.45) is 5.92 Å². The Balaban J connectivity index is 1.88. The molecule has 0 aromatic rings. The summed E-state index contributed by atoms with van der Waals surface area (Å²) < 4.78 is 0. The highest BCUT2D eigenvalue weighted by atomic mass is 15.0. The summed E-state index contributed by atoms with van der Waals surface area (Å²) in [6, 6.07) is 0. The second-order valence-electron chi connectivity index (χ2n) is 5.02. The Kier molecular flexibility index (Phi) is 2.92. The van der Waals surface area contributed by atoms with E-state index in [-0.39, 0.29) is 0 Å². The second kappa shape index (κ2) is 4.00. The Bertz CT molecular complexity index is 155. The lowest BCUT2D eigenvalue weighted by Crippen LogP contribution is -2.49. The highest BCUT2D eigenvalue weighted by Gasteiger charge is 2.34. The minimum Gasteiger partial charge on any atom is -0.311 e. The summed E-state index contributed by atoms with van der Waals surface area (Å²) in [5.74, 6) is 1.06. The van der Waals surface area contributed by atoms with E-state index in [4.69, 9.17) is 0 Å². The SMILES string of the molecule is CCC1(CC2CCC2)CCCCN1. The molecule has 1 aliphatic heterocycles. The molecule has 1 nitrogen and oxygen atoms in total. The fourth-order valence-corrected chi connectivity index (χ4v) is 2.90. The molecule has 0 spiro atoms. The molecule has 0 aromatic carbocycles. The van der Waals surface area contributed by atoms with Crippen LogP contribution in [0.15, 0.2) is 0 Å². The highest BCUT2D eigenvalue weighted by Crippen LogP contribution is 2.38. The Morgan fingerprint density at radius 2 is 2.08 bits per heavy atom. The molecule has 13 heavy (non-hydrogen) atoms. The lowest BCUT2D eigenvalue weighted by atomic mass is 9.72. The fraction of sp³-hybridized carbons (Fsp3) is 1.00. The minimum absolute atomic E-state index is 0.545. The molecule has 76 valence electrons. The molecule has 1 N–H and O–H groups in total. The van der Waals surface area contributed by atoms with Crippen LogP contribution < -0.4 is 5.32 Å². The molecule has 2 aliphatic rings. The van der Waals surface area contributed by atoms with Crippen molar-refractivity contribution in [3.05, 3.63) is 0 Å². The Hall–Kier alpha value is -0.0400. The highest BCUT2D eigenvalue weighted by molar-refractivity contribution is 4.93. The van der Waals surface area contributed by atoms with Crippen molar-refractivity contribution in [3.8, 4) is 0 Å². The average molecular weight is 181 g/mol. The second-order valence-corrected chi connectivity index (χ2v) is 5.02. The predicted molar refractivity (Wildman–Crippen MR) is 56.8 cm³/mol. The van der Waals surface area contributed by atoms with E-state index in [0.29, 0.717) is 5.54 Å². The van der Waals surface area contributed by atoms with Gasteiger partial charge in [0.1, 0.15) is 0 Å². The molecule has 0 radical (unpaired) electrons. The van der Waals surface area contributed by atoms with Gasteiger partial charge < -0.3 is 5.32 Å². The van der Waals surface area contributed by atoms with Gasteiger partial charge >= 0.3 is 0 Å². The first kappa shape index (κ1) is 9.51. The van der Waals surface area contributed by atoms with Gasteiger partial charge in [0.05, 0.1) is 0 Å². The molecule has 1 aliphatic carbocycles. The summed E-state index contributed by atoms with van der Waals surface area (Å²) in [4.78, 5) is 0. The molecule has 1 unspecified atom stereocenters. The topological polar surface area (TPSA) is 12.0 Å². The van der Waals surface area contributed by atoms with E-state index in [0.717, 1.165) is 5.92 Å². The minimum atomic E-state index is 0.545. The first-order chi connectivity index (χ1) is 6.35. The summed E-state index contributed by atoms with van der Waals surface area (Å²) in [5, 5.41) is 3.78. The van der Waals surface area contributed by atoms with Crippen LogP contribution in [-0.4, -0.2) is 12.1 Å². The zero-order valence-electron chi connectivity index (χ0n) is 8.94. The van der Waals surface area contributed by atoms with E-state index in [1.54, 1.807) is 0 Å². The van der Waals surface area contributed by atoms with E-state index < -0.39 is 0 Å². The molecular formula is C12H23N. The molecular weight excluding hydrogens is 158 g/mol. The average Bonchev–Trinajstić information content (AvgIpc) is 2.13. The van der Waals surface area contributed by atoms with Gasteiger partial charge in [-0.25, -0.2) is 0 Å². The van der Waals surface area contributed by atoms with Gasteiger partial charge in [-0.2, -0.15) is 0 Å². The van der Waals surface area contributed by atoms with Crippen LogP contribution >= 0.6 is 0 Å². The lowest BCUT2D eigenvalue weighted by molar-refractivity contribution is 0.154. The first-order valence-corrected chi connectivity index (χ1v) is 6.10. The molecule has 2 rings (SSSR count). The molecule has 1 atom stereocenters. The van der Waals surface area contributed by atoms with Crippen LogP contribution in [0.3, 0.4) is 0 Å². The van der Waals surface area contributed by atoms with E-state index in [9.17, 15) is 0 Å². The number of hydrogen-bond acceptors (Lipinski definition) is 1. The third-order valence-corrected chi connectivity index (χ3v) is 4.16. The number of hydrogen-bond donors (Lipinski definition) is 1. The monoisotopic (exact) mass is 181 g/mol. The maximum Gasteiger partial charge on any atom is 0.0181 e. The van der Waals surface area contributed by atoms with Crippen LogP contribution in [0.4, 0.5) is 0 Å². The van der Waals surface area contributed by atoms with E-state index in [1.807, 2.05) is 0 Å². The van der Waals surface area contributed by atoms with Crippen molar-refractivity contribution in [1.82, 2.24) is 5.32 Å². The van der Waals surface area contributed by atoms with Crippen molar-refractivity contribution in [2.75, 3.05) is 6.54 Å². The number of rotatable bonds is 3. The van der Waals surface area contributed by atoms with Gasteiger partial charge in [0, 0.05) is 5.54 Å². The first-order valence-electron chi connectivity index (χ1n) is 6.10. The number of piperidine rings is 1. The number of nitrogens with one attached hydrogen (secondary N) is 1. The van der Waals surface area contributed by atoms with Crippen molar-refractivity contribution in [1.29, 1.82) is 0 Å². The summed E-state index contributed by atoms with van der Waals surface area (Å²) in [7, 11) is 0. The van der Waals surface area contributed by atoms with Gasteiger partial charge in [-0.05, 0) is 38.1 Å². The van der Waals surface area contributed by atoms with Gasteiger partial charge in [0.25, 0.3) is 0 Å². The van der Waals surface area contributed by atoms with Crippen molar-refractivity contribution in [3.63, 3.8) is 0 Å². The van der Waals surface area contributed by atoms with Gasteiger partial charge in [0.2, 0.25) is 0 Å². The molecule has 1 heterocycles. The third kappa shape index (κ3) is 2.07. The van der Waals surface area contributed by atoms with E-state index in [1.165, 1.54) is 57.9 Å². The van der Waals surface area contributed by atoms with Gasteiger partial charge in [0.15, 0.2) is 0 Å².